The number of ether oxygens (including phenoxy) is 1. The Balaban J connectivity index is 1.36. The summed E-state index contributed by atoms with van der Waals surface area (Å²) >= 11 is 0. The van der Waals surface area contributed by atoms with Crippen molar-refractivity contribution in [2.45, 2.75) is 89.1 Å². The van der Waals surface area contributed by atoms with Gasteiger partial charge in [-0.15, -0.1) is 0 Å². The summed E-state index contributed by atoms with van der Waals surface area (Å²) in [5.74, 6) is -0.843. The van der Waals surface area contributed by atoms with E-state index >= 15 is 0 Å². The fraction of sp³-hybridized carbons (Fsp3) is 0.643. The van der Waals surface area contributed by atoms with Gasteiger partial charge in [-0.3, -0.25) is 9.59 Å². The molecule has 2 heterocycles. The van der Waals surface area contributed by atoms with E-state index in [1.165, 1.54) is 0 Å². The van der Waals surface area contributed by atoms with Crippen LogP contribution in [-0.4, -0.2) is 45.9 Å². The number of fused-ring (bicyclic) bond motifs is 1. The molecule has 1 aromatic carbocycles. The Labute approximate surface area is 202 Å². The lowest BCUT2D eigenvalue weighted by molar-refractivity contribution is -0.161. The number of cyclic esters (lactones) is 1. The van der Waals surface area contributed by atoms with E-state index in [4.69, 9.17) is 4.74 Å². The molecule has 1 amide bonds. The molecule has 3 N–H and O–H groups in total. The van der Waals surface area contributed by atoms with Crippen LogP contribution in [0.25, 0.3) is 0 Å². The van der Waals surface area contributed by atoms with Gasteiger partial charge in [-0.05, 0) is 55.9 Å². The molecule has 3 aliphatic rings. The van der Waals surface area contributed by atoms with Gasteiger partial charge >= 0.3 is 5.97 Å². The van der Waals surface area contributed by atoms with Crippen molar-refractivity contribution >= 4 is 11.9 Å². The molecule has 1 aliphatic carbocycles. The van der Waals surface area contributed by atoms with Crippen molar-refractivity contribution in [3.8, 4) is 0 Å². The summed E-state index contributed by atoms with van der Waals surface area (Å²) in [7, 11) is 0. The van der Waals surface area contributed by atoms with Crippen LogP contribution >= 0.6 is 0 Å². The maximum Gasteiger partial charge on any atom is 0.306 e. The number of aliphatic hydroxyl groups is 2. The number of hydrogen-bond acceptors (Lipinski definition) is 5. The first-order valence-corrected chi connectivity index (χ1v) is 12.9. The van der Waals surface area contributed by atoms with Crippen molar-refractivity contribution < 1.29 is 24.5 Å². The van der Waals surface area contributed by atoms with Crippen molar-refractivity contribution in [3.05, 3.63) is 48.0 Å². The Bertz CT molecular complexity index is 886. The van der Waals surface area contributed by atoms with Crippen LogP contribution in [0.2, 0.25) is 0 Å². The predicted octanol–water partition coefficient (Wildman–Crippen LogP) is 3.55. The summed E-state index contributed by atoms with van der Waals surface area (Å²) in [5.41, 5.74) is -0.466. The molecular formula is C28H39NO5. The second kappa shape index (κ2) is 10.6. The van der Waals surface area contributed by atoms with Gasteiger partial charge in [-0.25, -0.2) is 0 Å². The number of benzene rings is 1. The van der Waals surface area contributed by atoms with E-state index in [2.05, 4.69) is 12.2 Å². The molecule has 0 aromatic heterocycles. The minimum absolute atomic E-state index is 0.0286. The highest BCUT2D eigenvalue weighted by atomic mass is 16.5. The quantitative estimate of drug-likeness (QED) is 0.380. The zero-order chi connectivity index (χ0) is 24.3. The van der Waals surface area contributed by atoms with Crippen molar-refractivity contribution in [2.24, 2.45) is 23.7 Å². The minimum atomic E-state index is -1.59. The molecule has 8 unspecified atom stereocenters. The van der Waals surface area contributed by atoms with Crippen molar-refractivity contribution in [1.29, 1.82) is 0 Å². The molecule has 2 saturated heterocycles. The normalized spacial score (nSPS) is 36.4. The highest BCUT2D eigenvalue weighted by Gasteiger charge is 2.63. The average molecular weight is 470 g/mol. The van der Waals surface area contributed by atoms with Crippen LogP contribution in [-0.2, 0) is 20.7 Å². The predicted molar refractivity (Wildman–Crippen MR) is 130 cm³/mol. The van der Waals surface area contributed by atoms with E-state index < -0.39 is 17.6 Å². The average Bonchev–Trinajstić information content (AvgIpc) is 3.31. The minimum Gasteiger partial charge on any atom is -0.462 e. The third-order valence-corrected chi connectivity index (χ3v) is 8.14. The number of carbonyl (C=O) groups is 2. The van der Waals surface area contributed by atoms with Crippen LogP contribution in [0.4, 0.5) is 0 Å². The van der Waals surface area contributed by atoms with Crippen LogP contribution in [0.5, 0.6) is 0 Å². The molecule has 6 heteroatoms. The van der Waals surface area contributed by atoms with E-state index in [0.717, 1.165) is 37.7 Å². The van der Waals surface area contributed by atoms with E-state index in [0.29, 0.717) is 25.2 Å². The fourth-order valence-electron chi connectivity index (χ4n) is 6.38. The van der Waals surface area contributed by atoms with E-state index in [9.17, 15) is 19.8 Å². The zero-order valence-electron chi connectivity index (χ0n) is 20.4. The van der Waals surface area contributed by atoms with Crippen LogP contribution in [0.15, 0.2) is 42.5 Å². The third kappa shape index (κ3) is 5.23. The molecule has 6 nitrogen and oxygen atoms in total. The number of aliphatic hydroxyl groups excluding tert-OH is 1. The SMILES string of the molecule is CC(C/C=C/C1C(O)CC(C)C2C(Cc3ccccc3)NC(=O)C12O)CCCC1CCC(=O)O1. The molecular weight excluding hydrogens is 430 g/mol. The number of rotatable bonds is 9. The summed E-state index contributed by atoms with van der Waals surface area (Å²) in [5, 5.41) is 25.6. The van der Waals surface area contributed by atoms with Gasteiger partial charge in [0.1, 0.15) is 6.10 Å². The lowest BCUT2D eigenvalue weighted by Gasteiger charge is -2.45. The summed E-state index contributed by atoms with van der Waals surface area (Å²) in [4.78, 5) is 24.3. The summed E-state index contributed by atoms with van der Waals surface area (Å²) < 4.78 is 5.29. The topological polar surface area (TPSA) is 95.9 Å². The third-order valence-electron chi connectivity index (χ3n) is 8.14. The van der Waals surface area contributed by atoms with Crippen LogP contribution < -0.4 is 5.32 Å². The van der Waals surface area contributed by atoms with Gasteiger partial charge in [0.25, 0.3) is 5.91 Å². The molecule has 1 saturated carbocycles. The largest absolute Gasteiger partial charge is 0.462 e. The molecule has 0 bridgehead atoms. The van der Waals surface area contributed by atoms with Crippen LogP contribution in [0.3, 0.4) is 0 Å². The number of hydrogen-bond donors (Lipinski definition) is 3. The molecule has 1 aromatic rings. The second-order valence-corrected chi connectivity index (χ2v) is 10.8. The number of nitrogens with one attached hydrogen (secondary N) is 1. The molecule has 0 radical (unpaired) electrons. The number of allylic oxidation sites excluding steroid dienone is 1. The molecule has 4 rings (SSSR count). The Morgan fingerprint density at radius 2 is 2.03 bits per heavy atom. The standard InChI is InChI=1S/C28H39NO5/c1-18(8-6-12-21-14-15-25(31)34-21)9-7-13-22-24(30)16-19(2)26-23(29-27(32)28(22,26)33)17-20-10-4-3-5-11-20/h3-5,7,10-11,13,18-19,21-24,26,30,33H,6,8-9,12,14-17H2,1-2H3,(H,29,32)/b13-7+. The highest BCUT2D eigenvalue weighted by Crippen LogP contribution is 2.48. The first kappa shape index (κ1) is 24.9. The summed E-state index contributed by atoms with van der Waals surface area (Å²) in [6.45, 7) is 4.21. The first-order valence-electron chi connectivity index (χ1n) is 12.9. The Morgan fingerprint density at radius 1 is 1.26 bits per heavy atom. The lowest BCUT2D eigenvalue weighted by atomic mass is 9.61. The molecule has 8 atom stereocenters. The highest BCUT2D eigenvalue weighted by molar-refractivity contribution is 5.89. The van der Waals surface area contributed by atoms with Gasteiger partial charge in [-0.1, -0.05) is 62.8 Å². The van der Waals surface area contributed by atoms with Crippen molar-refractivity contribution in [1.82, 2.24) is 5.32 Å². The van der Waals surface area contributed by atoms with Gasteiger partial charge in [0.2, 0.25) is 0 Å². The maximum absolute atomic E-state index is 13.1. The number of carbonyl (C=O) groups excluding carboxylic acids is 2. The molecule has 2 aliphatic heterocycles. The smallest absolute Gasteiger partial charge is 0.306 e. The van der Waals surface area contributed by atoms with Crippen molar-refractivity contribution in [2.75, 3.05) is 0 Å². The van der Waals surface area contributed by atoms with Crippen LogP contribution in [0.1, 0.15) is 64.4 Å². The van der Waals surface area contributed by atoms with Gasteiger partial charge in [0.15, 0.2) is 5.60 Å². The number of amides is 1. The Morgan fingerprint density at radius 3 is 2.74 bits per heavy atom. The van der Waals surface area contributed by atoms with Crippen LogP contribution in [0, 0.1) is 23.7 Å². The van der Waals surface area contributed by atoms with E-state index in [1.807, 2.05) is 49.4 Å². The van der Waals surface area contributed by atoms with Crippen molar-refractivity contribution in [3.63, 3.8) is 0 Å². The molecule has 0 spiro atoms. The lowest BCUT2D eigenvalue weighted by Crippen LogP contribution is -2.58. The second-order valence-electron chi connectivity index (χ2n) is 10.8. The molecule has 186 valence electrons. The van der Waals surface area contributed by atoms with Gasteiger partial charge in [0.05, 0.1) is 6.10 Å². The van der Waals surface area contributed by atoms with E-state index in [-0.39, 0.29) is 35.9 Å². The Kier molecular flexibility index (Phi) is 7.78. The summed E-state index contributed by atoms with van der Waals surface area (Å²) in [6, 6.07) is 9.88. The van der Waals surface area contributed by atoms with Gasteiger partial charge in [0, 0.05) is 24.3 Å². The maximum atomic E-state index is 13.1. The molecule has 3 fully saturated rings. The first-order chi connectivity index (χ1) is 16.3. The fourth-order valence-corrected chi connectivity index (χ4v) is 6.38. The zero-order valence-corrected chi connectivity index (χ0v) is 20.4. The van der Waals surface area contributed by atoms with Gasteiger partial charge in [-0.2, -0.15) is 0 Å². The summed E-state index contributed by atoms with van der Waals surface area (Å²) in [6.07, 6.45) is 9.59. The van der Waals surface area contributed by atoms with E-state index in [1.54, 1.807) is 0 Å². The monoisotopic (exact) mass is 469 g/mol. The van der Waals surface area contributed by atoms with Gasteiger partial charge < -0.3 is 20.3 Å². The Hall–Kier alpha value is -2.18. The number of esters is 1. The molecule has 34 heavy (non-hydrogen) atoms.